The molecule has 2 atom stereocenters. The van der Waals surface area contributed by atoms with Crippen molar-refractivity contribution in [2.75, 3.05) is 24.6 Å². The number of amides is 1. The third kappa shape index (κ3) is 7.32. The van der Waals surface area contributed by atoms with Gasteiger partial charge >= 0.3 is 6.09 Å². The minimum Gasteiger partial charge on any atom is -0.444 e. The Balaban J connectivity index is 1.53. The molecule has 1 amide bonds. The van der Waals surface area contributed by atoms with Crippen LogP contribution in [0.15, 0.2) is 35.7 Å². The Hall–Kier alpha value is -3.84. The number of oxime groups is 1. The fourth-order valence-electron chi connectivity index (χ4n) is 3.06. The molecule has 2 aromatic rings. The summed E-state index contributed by atoms with van der Waals surface area (Å²) >= 11 is 0. The van der Waals surface area contributed by atoms with Crippen LogP contribution in [-0.2, 0) is 20.9 Å². The first-order valence-electron chi connectivity index (χ1n) is 10.9. The van der Waals surface area contributed by atoms with Crippen molar-refractivity contribution in [2.24, 2.45) is 10.9 Å². The molecule has 0 saturated carbocycles. The number of nitrogens with zero attached hydrogens (tertiary/aromatic N) is 4. The fraction of sp³-hybridized carbons (Fsp3) is 0.409. The van der Waals surface area contributed by atoms with Gasteiger partial charge in [-0.25, -0.2) is 19.2 Å². The number of carbonyl (C=O) groups is 1. The highest BCUT2D eigenvalue weighted by Crippen LogP contribution is 2.26. The molecule has 12 nitrogen and oxygen atoms in total. The first-order chi connectivity index (χ1) is 16.8. The lowest BCUT2D eigenvalue weighted by Crippen LogP contribution is -2.48. The van der Waals surface area contributed by atoms with E-state index >= 15 is 0 Å². The quantitative estimate of drug-likeness (QED) is 0.168. The standard InChI is InChI=1S/C22H28FN7O5/c1-3-18(31)35-13(2)11-34-29-16-9-30(10-16)21-26-7-15(8-27-21)17-6-4-5-14(19(17)23)12-33-22(32)28-20(24)25/h4-8,13,18,31H,3,9-12H2,1-2H3,(H4,24,25,28,32). The summed E-state index contributed by atoms with van der Waals surface area (Å²) in [6.07, 6.45) is 1.47. The summed E-state index contributed by atoms with van der Waals surface area (Å²) < 4.78 is 25.1. The SMILES string of the molecule is CCC(O)OC(C)CON=C1CN(c2ncc(-c3cccc(COC(=O)NC(=N)N)c3F)cn2)C1. The maximum Gasteiger partial charge on any atom is 0.414 e. The Bertz CT molecular complexity index is 1060. The largest absolute Gasteiger partial charge is 0.444 e. The number of hydrogen-bond acceptors (Lipinski definition) is 10. The van der Waals surface area contributed by atoms with Gasteiger partial charge in [-0.3, -0.25) is 10.7 Å². The molecule has 0 spiro atoms. The van der Waals surface area contributed by atoms with Crippen LogP contribution in [0.25, 0.3) is 11.1 Å². The Morgan fingerprint density at radius 1 is 1.37 bits per heavy atom. The maximum atomic E-state index is 14.9. The van der Waals surface area contributed by atoms with E-state index in [1.165, 1.54) is 18.5 Å². The summed E-state index contributed by atoms with van der Waals surface area (Å²) in [6, 6.07) is 4.68. The second kappa shape index (κ2) is 12.0. The van der Waals surface area contributed by atoms with E-state index < -0.39 is 24.2 Å². The molecule has 3 rings (SSSR count). The smallest absolute Gasteiger partial charge is 0.414 e. The van der Waals surface area contributed by atoms with Crippen LogP contribution in [0.4, 0.5) is 15.1 Å². The predicted molar refractivity (Wildman–Crippen MR) is 125 cm³/mol. The zero-order valence-electron chi connectivity index (χ0n) is 19.4. The van der Waals surface area contributed by atoms with Gasteiger partial charge in [-0.1, -0.05) is 30.3 Å². The first kappa shape index (κ1) is 25.8. The molecule has 0 radical (unpaired) electrons. The molecule has 1 aromatic heterocycles. The molecule has 1 fully saturated rings. The topological polar surface area (TPSA) is 168 Å². The van der Waals surface area contributed by atoms with E-state index in [1.807, 2.05) is 17.1 Å². The maximum absolute atomic E-state index is 14.9. The molecule has 1 aromatic carbocycles. The normalized spacial score (nSPS) is 14.5. The van der Waals surface area contributed by atoms with Crippen LogP contribution in [0.2, 0.25) is 0 Å². The highest BCUT2D eigenvalue weighted by atomic mass is 19.1. The number of rotatable bonds is 10. The number of aliphatic hydroxyl groups excluding tert-OH is 1. The number of benzene rings is 1. The summed E-state index contributed by atoms with van der Waals surface area (Å²) in [5.74, 6) is -0.669. The lowest BCUT2D eigenvalue weighted by molar-refractivity contribution is -0.147. The number of carbonyl (C=O) groups excluding carboxylic acids is 1. The zero-order chi connectivity index (χ0) is 25.4. The molecule has 35 heavy (non-hydrogen) atoms. The number of nitrogens with two attached hydrogens (primary N) is 1. The van der Waals surface area contributed by atoms with Gasteiger partial charge in [0.2, 0.25) is 5.95 Å². The van der Waals surface area contributed by atoms with Crippen LogP contribution in [0.5, 0.6) is 0 Å². The minimum absolute atomic E-state index is 0.151. The second-order valence-electron chi connectivity index (χ2n) is 7.78. The van der Waals surface area contributed by atoms with Crippen LogP contribution in [0.1, 0.15) is 25.8 Å². The van der Waals surface area contributed by atoms with Crippen molar-refractivity contribution in [2.45, 2.75) is 39.3 Å². The van der Waals surface area contributed by atoms with E-state index in [4.69, 9.17) is 25.5 Å². The average Bonchev–Trinajstić information content (AvgIpc) is 2.79. The molecule has 188 valence electrons. The molecule has 0 bridgehead atoms. The highest BCUT2D eigenvalue weighted by Gasteiger charge is 2.25. The van der Waals surface area contributed by atoms with Crippen molar-refractivity contribution in [1.29, 1.82) is 5.41 Å². The number of aromatic nitrogens is 2. The summed E-state index contributed by atoms with van der Waals surface area (Å²) in [4.78, 5) is 27.2. The molecular formula is C22H28FN7O5. The van der Waals surface area contributed by atoms with Gasteiger partial charge < -0.3 is 30.1 Å². The van der Waals surface area contributed by atoms with Gasteiger partial charge in [-0.2, -0.15) is 0 Å². The third-order valence-electron chi connectivity index (χ3n) is 4.89. The number of ether oxygens (including phenoxy) is 2. The van der Waals surface area contributed by atoms with Crippen molar-refractivity contribution in [3.63, 3.8) is 0 Å². The number of aliphatic hydroxyl groups is 1. The van der Waals surface area contributed by atoms with Crippen LogP contribution in [0, 0.1) is 11.2 Å². The molecule has 5 N–H and O–H groups in total. The average molecular weight is 490 g/mol. The van der Waals surface area contributed by atoms with Crippen molar-refractivity contribution >= 4 is 23.7 Å². The lowest BCUT2D eigenvalue weighted by atomic mass is 10.1. The molecular weight excluding hydrogens is 461 g/mol. The van der Waals surface area contributed by atoms with Crippen LogP contribution in [-0.4, -0.2) is 64.9 Å². The zero-order valence-corrected chi connectivity index (χ0v) is 19.4. The highest BCUT2D eigenvalue weighted by molar-refractivity contribution is 5.98. The Kier molecular flexibility index (Phi) is 8.86. The minimum atomic E-state index is -0.948. The molecule has 13 heteroatoms. The number of anilines is 1. The van der Waals surface area contributed by atoms with E-state index in [0.717, 1.165) is 5.71 Å². The molecule has 2 heterocycles. The van der Waals surface area contributed by atoms with E-state index in [-0.39, 0.29) is 30.4 Å². The molecule has 1 saturated heterocycles. The molecule has 2 unspecified atom stereocenters. The molecule has 0 aliphatic carbocycles. The lowest BCUT2D eigenvalue weighted by Gasteiger charge is -2.32. The van der Waals surface area contributed by atoms with E-state index in [2.05, 4.69) is 15.1 Å². The Morgan fingerprint density at radius 3 is 2.74 bits per heavy atom. The van der Waals surface area contributed by atoms with E-state index in [1.54, 1.807) is 19.1 Å². The van der Waals surface area contributed by atoms with Gasteiger partial charge in [0.25, 0.3) is 0 Å². The van der Waals surface area contributed by atoms with Gasteiger partial charge in [0, 0.05) is 29.1 Å². The summed E-state index contributed by atoms with van der Waals surface area (Å²) in [7, 11) is 0. The summed E-state index contributed by atoms with van der Waals surface area (Å²) in [5.41, 5.74) is 6.74. The van der Waals surface area contributed by atoms with Crippen LogP contribution >= 0.6 is 0 Å². The molecule has 1 aliphatic rings. The summed E-state index contributed by atoms with van der Waals surface area (Å²) in [6.45, 7) is 4.49. The van der Waals surface area contributed by atoms with Gasteiger partial charge in [0.15, 0.2) is 12.2 Å². The van der Waals surface area contributed by atoms with Crippen LogP contribution in [0.3, 0.4) is 0 Å². The van der Waals surface area contributed by atoms with Crippen molar-refractivity contribution in [3.8, 4) is 11.1 Å². The van der Waals surface area contributed by atoms with Gasteiger partial charge in [-0.15, -0.1) is 0 Å². The van der Waals surface area contributed by atoms with Gasteiger partial charge in [0.1, 0.15) is 19.0 Å². The van der Waals surface area contributed by atoms with Crippen LogP contribution < -0.4 is 16.0 Å². The number of alkyl carbamates (subject to hydrolysis) is 1. The fourth-order valence-corrected chi connectivity index (χ4v) is 3.06. The number of guanidine groups is 1. The predicted octanol–water partition coefficient (Wildman–Crippen LogP) is 1.73. The Labute approximate surface area is 201 Å². The van der Waals surface area contributed by atoms with Crippen molar-refractivity contribution < 1.29 is 28.6 Å². The first-order valence-corrected chi connectivity index (χ1v) is 10.9. The van der Waals surface area contributed by atoms with Crippen molar-refractivity contribution in [3.05, 3.63) is 42.0 Å². The van der Waals surface area contributed by atoms with E-state index in [0.29, 0.717) is 31.0 Å². The monoisotopic (exact) mass is 489 g/mol. The van der Waals surface area contributed by atoms with Crippen molar-refractivity contribution in [1.82, 2.24) is 15.3 Å². The van der Waals surface area contributed by atoms with E-state index in [9.17, 15) is 14.3 Å². The molecule has 1 aliphatic heterocycles. The van der Waals surface area contributed by atoms with Gasteiger partial charge in [0.05, 0.1) is 24.9 Å². The Morgan fingerprint density at radius 2 is 2.09 bits per heavy atom. The number of halogens is 1. The summed E-state index contributed by atoms with van der Waals surface area (Å²) in [5, 5.41) is 22.5. The van der Waals surface area contributed by atoms with Gasteiger partial charge in [-0.05, 0) is 13.3 Å². The second-order valence-corrected chi connectivity index (χ2v) is 7.78. The number of hydrogen-bond donors (Lipinski definition) is 4. The third-order valence-corrected chi connectivity index (χ3v) is 4.89. The number of nitrogens with one attached hydrogen (secondary N) is 2.